The minimum Gasteiger partial charge on any atom is -0.494 e. The Labute approximate surface area is 139 Å². The van der Waals surface area contributed by atoms with Gasteiger partial charge in [0.25, 0.3) is 0 Å². The Hall–Kier alpha value is -1.97. The van der Waals surface area contributed by atoms with Crippen molar-refractivity contribution in [2.24, 2.45) is 0 Å². The Kier molecular flexibility index (Phi) is 5.87. The van der Waals surface area contributed by atoms with Gasteiger partial charge in [0, 0.05) is 29.6 Å². The minimum atomic E-state index is -0.160. The number of anilines is 1. The minimum absolute atomic E-state index is 0.160. The van der Waals surface area contributed by atoms with E-state index in [0.29, 0.717) is 22.2 Å². The summed E-state index contributed by atoms with van der Waals surface area (Å²) in [6.45, 7) is 2.53. The van der Waals surface area contributed by atoms with E-state index >= 15 is 0 Å². The third-order valence-electron chi connectivity index (χ3n) is 2.83. The fraction of sp³-hybridized carbons (Fsp3) is 0.118. The molecule has 0 aromatic heterocycles. The van der Waals surface area contributed by atoms with Crippen molar-refractivity contribution in [1.82, 2.24) is 0 Å². The normalized spacial score (nSPS) is 10.7. The van der Waals surface area contributed by atoms with Crippen LogP contribution in [0.4, 0.5) is 5.69 Å². The first kappa shape index (κ1) is 16.4. The van der Waals surface area contributed by atoms with Gasteiger partial charge in [-0.2, -0.15) is 0 Å². The van der Waals surface area contributed by atoms with Crippen molar-refractivity contribution in [3.05, 3.63) is 70.3 Å². The van der Waals surface area contributed by atoms with Crippen LogP contribution in [0.25, 0.3) is 0 Å². The van der Waals surface area contributed by atoms with E-state index in [1.54, 1.807) is 24.4 Å². The summed E-state index contributed by atoms with van der Waals surface area (Å²) in [5.41, 5.74) is 1.32. The summed E-state index contributed by atoms with van der Waals surface area (Å²) < 4.78 is 5.41. The van der Waals surface area contributed by atoms with Gasteiger partial charge in [0.1, 0.15) is 5.75 Å². The molecule has 0 saturated heterocycles. The molecule has 114 valence electrons. The number of ether oxygens (including phenoxy) is 1. The van der Waals surface area contributed by atoms with Crippen molar-refractivity contribution < 1.29 is 9.53 Å². The highest BCUT2D eigenvalue weighted by Crippen LogP contribution is 2.23. The van der Waals surface area contributed by atoms with E-state index in [0.717, 1.165) is 11.4 Å². The Morgan fingerprint density at radius 1 is 1.18 bits per heavy atom. The topological polar surface area (TPSA) is 38.3 Å². The number of benzene rings is 2. The highest BCUT2D eigenvalue weighted by Gasteiger charge is 2.05. The van der Waals surface area contributed by atoms with Gasteiger partial charge in [0.15, 0.2) is 5.78 Å². The largest absolute Gasteiger partial charge is 0.494 e. The van der Waals surface area contributed by atoms with E-state index in [9.17, 15) is 4.79 Å². The monoisotopic (exact) mass is 335 g/mol. The zero-order valence-electron chi connectivity index (χ0n) is 12.0. The second-order valence-electron chi connectivity index (χ2n) is 4.43. The Morgan fingerprint density at radius 3 is 2.73 bits per heavy atom. The molecule has 0 spiro atoms. The van der Waals surface area contributed by atoms with Crippen LogP contribution in [0.2, 0.25) is 10.0 Å². The molecule has 0 unspecified atom stereocenters. The molecule has 0 aliphatic heterocycles. The van der Waals surface area contributed by atoms with Gasteiger partial charge >= 0.3 is 0 Å². The van der Waals surface area contributed by atoms with Crippen LogP contribution < -0.4 is 10.1 Å². The number of ketones is 1. The molecule has 0 heterocycles. The summed E-state index contributed by atoms with van der Waals surface area (Å²) in [5, 5.41) is 3.81. The van der Waals surface area contributed by atoms with E-state index in [4.69, 9.17) is 27.9 Å². The van der Waals surface area contributed by atoms with Gasteiger partial charge in [0.05, 0.1) is 16.7 Å². The number of hydrogen-bond acceptors (Lipinski definition) is 3. The third kappa shape index (κ3) is 4.52. The number of carbonyl (C=O) groups is 1. The number of rotatable bonds is 6. The molecule has 1 N–H and O–H groups in total. The van der Waals surface area contributed by atoms with Crippen LogP contribution in [0.5, 0.6) is 5.75 Å². The molecule has 0 atom stereocenters. The zero-order chi connectivity index (χ0) is 15.9. The first-order valence-electron chi connectivity index (χ1n) is 6.75. The molecule has 0 aliphatic carbocycles. The van der Waals surface area contributed by atoms with E-state index < -0.39 is 0 Å². The SMILES string of the molecule is CCOc1cccc(N/C=C/C(=O)c2ccc(Cl)c(Cl)c2)c1. The predicted octanol–water partition coefficient (Wildman–Crippen LogP) is 5.20. The summed E-state index contributed by atoms with van der Waals surface area (Å²) in [5.74, 6) is 0.615. The molecule has 0 amide bonds. The van der Waals surface area contributed by atoms with Crippen LogP contribution >= 0.6 is 23.2 Å². The third-order valence-corrected chi connectivity index (χ3v) is 3.57. The second-order valence-corrected chi connectivity index (χ2v) is 5.25. The molecule has 0 fully saturated rings. The van der Waals surface area contributed by atoms with Crippen molar-refractivity contribution in [3.8, 4) is 5.75 Å². The first-order valence-corrected chi connectivity index (χ1v) is 7.51. The van der Waals surface area contributed by atoms with Crippen LogP contribution in [-0.2, 0) is 0 Å². The highest BCUT2D eigenvalue weighted by atomic mass is 35.5. The van der Waals surface area contributed by atoms with Gasteiger partial charge in [-0.05, 0) is 37.3 Å². The number of halogens is 2. The van der Waals surface area contributed by atoms with Gasteiger partial charge in [-0.3, -0.25) is 4.79 Å². The van der Waals surface area contributed by atoms with Crippen molar-refractivity contribution in [2.45, 2.75) is 6.92 Å². The van der Waals surface area contributed by atoms with Crippen molar-refractivity contribution >= 4 is 34.7 Å². The average Bonchev–Trinajstić information content (AvgIpc) is 2.50. The molecular formula is C17H15Cl2NO2. The van der Waals surface area contributed by atoms with E-state index in [1.807, 2.05) is 31.2 Å². The molecular weight excluding hydrogens is 321 g/mol. The van der Waals surface area contributed by atoms with Crippen LogP contribution in [0, 0.1) is 0 Å². The fourth-order valence-corrected chi connectivity index (χ4v) is 2.10. The lowest BCUT2D eigenvalue weighted by Crippen LogP contribution is -1.97. The first-order chi connectivity index (χ1) is 10.6. The molecule has 0 bridgehead atoms. The van der Waals surface area contributed by atoms with E-state index in [-0.39, 0.29) is 5.78 Å². The summed E-state index contributed by atoms with van der Waals surface area (Å²) in [6, 6.07) is 12.3. The fourth-order valence-electron chi connectivity index (χ4n) is 1.80. The Bertz CT molecular complexity index is 699. The lowest BCUT2D eigenvalue weighted by molar-refractivity contribution is 0.104. The Morgan fingerprint density at radius 2 is 2.00 bits per heavy atom. The molecule has 3 nitrogen and oxygen atoms in total. The summed E-state index contributed by atoms with van der Waals surface area (Å²) in [4.78, 5) is 12.0. The van der Waals surface area contributed by atoms with E-state index in [2.05, 4.69) is 5.32 Å². The lowest BCUT2D eigenvalue weighted by atomic mass is 10.1. The van der Waals surface area contributed by atoms with Crippen molar-refractivity contribution in [2.75, 3.05) is 11.9 Å². The molecule has 0 saturated carbocycles. The highest BCUT2D eigenvalue weighted by molar-refractivity contribution is 6.42. The lowest BCUT2D eigenvalue weighted by Gasteiger charge is -2.05. The van der Waals surface area contributed by atoms with Crippen LogP contribution in [-0.4, -0.2) is 12.4 Å². The maximum Gasteiger partial charge on any atom is 0.187 e. The standard InChI is InChI=1S/C17H15Cl2NO2/c1-2-22-14-5-3-4-13(11-14)20-9-8-17(21)12-6-7-15(18)16(19)10-12/h3-11,20H,2H2,1H3/b9-8+. The average molecular weight is 336 g/mol. The van der Waals surface area contributed by atoms with E-state index in [1.165, 1.54) is 6.08 Å². The molecule has 2 aromatic carbocycles. The van der Waals surface area contributed by atoms with Gasteiger partial charge in [-0.25, -0.2) is 0 Å². The molecule has 0 radical (unpaired) electrons. The smallest absolute Gasteiger partial charge is 0.187 e. The maximum atomic E-state index is 12.0. The summed E-state index contributed by atoms with van der Waals surface area (Å²) in [6.07, 6.45) is 3.02. The van der Waals surface area contributed by atoms with Crippen LogP contribution in [0.15, 0.2) is 54.7 Å². The zero-order valence-corrected chi connectivity index (χ0v) is 13.5. The second kappa shape index (κ2) is 7.87. The number of carbonyl (C=O) groups excluding carboxylic acids is 1. The predicted molar refractivity (Wildman–Crippen MR) is 91.2 cm³/mol. The van der Waals surface area contributed by atoms with Crippen LogP contribution in [0.3, 0.4) is 0 Å². The quantitative estimate of drug-likeness (QED) is 0.582. The number of nitrogens with one attached hydrogen (secondary N) is 1. The maximum absolute atomic E-state index is 12.0. The Balaban J connectivity index is 2.01. The molecule has 22 heavy (non-hydrogen) atoms. The molecule has 5 heteroatoms. The van der Waals surface area contributed by atoms with Crippen molar-refractivity contribution in [1.29, 1.82) is 0 Å². The summed E-state index contributed by atoms with van der Waals surface area (Å²) in [7, 11) is 0. The molecule has 0 aliphatic rings. The van der Waals surface area contributed by atoms with Crippen molar-refractivity contribution in [3.63, 3.8) is 0 Å². The van der Waals surface area contributed by atoms with Crippen LogP contribution in [0.1, 0.15) is 17.3 Å². The van der Waals surface area contributed by atoms with Gasteiger partial charge < -0.3 is 10.1 Å². The van der Waals surface area contributed by atoms with Gasteiger partial charge in [0.2, 0.25) is 0 Å². The number of hydrogen-bond donors (Lipinski definition) is 1. The van der Waals surface area contributed by atoms with Gasteiger partial charge in [-0.1, -0.05) is 29.3 Å². The van der Waals surface area contributed by atoms with Gasteiger partial charge in [-0.15, -0.1) is 0 Å². The number of allylic oxidation sites excluding steroid dienone is 1. The summed E-state index contributed by atoms with van der Waals surface area (Å²) >= 11 is 11.7. The molecule has 2 aromatic rings. The molecule has 2 rings (SSSR count).